The Morgan fingerprint density at radius 3 is 2.57 bits per heavy atom. The molecule has 106 valence electrons. The van der Waals surface area contributed by atoms with Crippen LogP contribution >= 0.6 is 0 Å². The smallest absolute Gasteiger partial charge is 0.260 e. The predicted molar refractivity (Wildman–Crippen MR) is 78.1 cm³/mol. The summed E-state index contributed by atoms with van der Waals surface area (Å²) in [6.07, 6.45) is 0. The van der Waals surface area contributed by atoms with Crippen molar-refractivity contribution in [1.29, 1.82) is 0 Å². The number of benzene rings is 2. The molecule has 0 radical (unpaired) electrons. The summed E-state index contributed by atoms with van der Waals surface area (Å²) in [6, 6.07) is 12.0. The van der Waals surface area contributed by atoms with E-state index in [-0.39, 0.29) is 23.5 Å². The molecule has 0 fully saturated rings. The molecule has 0 aliphatic heterocycles. The van der Waals surface area contributed by atoms with Crippen LogP contribution in [-0.4, -0.2) is 4.57 Å². The zero-order valence-electron chi connectivity index (χ0n) is 11.0. The van der Waals surface area contributed by atoms with E-state index in [0.717, 1.165) is 17.5 Å². The lowest BCUT2D eigenvalue weighted by Gasteiger charge is -2.12. The standard InChI is InChI=1S/C16H12F2N2O/c17-12-6-5-11(14(18)8-12)9-20-15(19)7-10-3-1-2-4-13(10)16(20)21/h1-8H,9,19H2. The van der Waals surface area contributed by atoms with Crippen LogP contribution in [0, 0.1) is 11.6 Å². The van der Waals surface area contributed by atoms with Crippen molar-refractivity contribution >= 4 is 16.6 Å². The predicted octanol–water partition coefficient (Wildman–Crippen LogP) is 2.91. The lowest BCUT2D eigenvalue weighted by Crippen LogP contribution is -2.24. The molecule has 0 unspecified atom stereocenters. The third kappa shape index (κ3) is 2.38. The Bertz CT molecular complexity index is 887. The number of nitrogen functional groups attached to an aromatic ring is 1. The number of hydrogen-bond donors (Lipinski definition) is 1. The Hall–Kier alpha value is -2.69. The first kappa shape index (κ1) is 13.3. The van der Waals surface area contributed by atoms with Gasteiger partial charge < -0.3 is 5.73 Å². The van der Waals surface area contributed by atoms with Crippen molar-refractivity contribution < 1.29 is 8.78 Å². The molecule has 0 amide bonds. The van der Waals surface area contributed by atoms with E-state index in [9.17, 15) is 13.6 Å². The molecule has 1 heterocycles. The summed E-state index contributed by atoms with van der Waals surface area (Å²) in [4.78, 5) is 12.4. The topological polar surface area (TPSA) is 48.0 Å². The number of hydrogen-bond acceptors (Lipinski definition) is 2. The second-order valence-corrected chi connectivity index (χ2v) is 4.78. The Morgan fingerprint density at radius 1 is 1.05 bits per heavy atom. The molecule has 0 aliphatic carbocycles. The maximum Gasteiger partial charge on any atom is 0.260 e. The zero-order valence-corrected chi connectivity index (χ0v) is 11.0. The second-order valence-electron chi connectivity index (χ2n) is 4.78. The first-order valence-corrected chi connectivity index (χ1v) is 6.38. The maximum atomic E-state index is 13.7. The van der Waals surface area contributed by atoms with E-state index in [0.29, 0.717) is 5.39 Å². The molecule has 1 aromatic heterocycles. The van der Waals surface area contributed by atoms with Crippen LogP contribution in [0.15, 0.2) is 53.3 Å². The fourth-order valence-electron chi connectivity index (χ4n) is 2.30. The molecule has 2 aromatic carbocycles. The van der Waals surface area contributed by atoms with Crippen LogP contribution in [0.2, 0.25) is 0 Å². The van der Waals surface area contributed by atoms with Crippen molar-refractivity contribution in [1.82, 2.24) is 4.57 Å². The van der Waals surface area contributed by atoms with Crippen molar-refractivity contribution in [3.63, 3.8) is 0 Å². The van der Waals surface area contributed by atoms with Gasteiger partial charge in [0.2, 0.25) is 0 Å². The molecule has 2 N–H and O–H groups in total. The van der Waals surface area contributed by atoms with Gasteiger partial charge in [-0.15, -0.1) is 0 Å². The Morgan fingerprint density at radius 2 is 1.81 bits per heavy atom. The fourth-order valence-corrected chi connectivity index (χ4v) is 2.30. The molecule has 3 aromatic rings. The summed E-state index contributed by atoms with van der Waals surface area (Å²) in [7, 11) is 0. The number of pyridine rings is 1. The van der Waals surface area contributed by atoms with Crippen LogP contribution in [0.1, 0.15) is 5.56 Å². The summed E-state index contributed by atoms with van der Waals surface area (Å²) in [6.45, 7) is -0.0401. The average Bonchev–Trinajstić information content (AvgIpc) is 2.45. The number of nitrogens with zero attached hydrogens (tertiary/aromatic N) is 1. The number of fused-ring (bicyclic) bond motifs is 1. The molecule has 0 spiro atoms. The van der Waals surface area contributed by atoms with Gasteiger partial charge >= 0.3 is 0 Å². The van der Waals surface area contributed by atoms with E-state index >= 15 is 0 Å². The largest absolute Gasteiger partial charge is 0.385 e. The summed E-state index contributed by atoms with van der Waals surface area (Å²) >= 11 is 0. The van der Waals surface area contributed by atoms with Gasteiger partial charge in [0.25, 0.3) is 5.56 Å². The summed E-state index contributed by atoms with van der Waals surface area (Å²) < 4.78 is 27.9. The van der Waals surface area contributed by atoms with Crippen molar-refractivity contribution in [3.8, 4) is 0 Å². The lowest BCUT2D eigenvalue weighted by atomic mass is 10.1. The molecule has 3 nitrogen and oxygen atoms in total. The van der Waals surface area contributed by atoms with Gasteiger partial charge in [-0.3, -0.25) is 9.36 Å². The number of halogens is 2. The van der Waals surface area contributed by atoms with Crippen LogP contribution in [0.4, 0.5) is 14.6 Å². The molecule has 21 heavy (non-hydrogen) atoms. The summed E-state index contributed by atoms with van der Waals surface area (Å²) in [5, 5.41) is 1.24. The Labute approximate surface area is 119 Å². The van der Waals surface area contributed by atoms with Crippen molar-refractivity contribution in [2.75, 3.05) is 5.73 Å². The van der Waals surface area contributed by atoms with Crippen LogP contribution in [0.5, 0.6) is 0 Å². The van der Waals surface area contributed by atoms with Crippen molar-refractivity contribution in [3.05, 3.63) is 76.1 Å². The number of rotatable bonds is 2. The van der Waals surface area contributed by atoms with Gasteiger partial charge in [0.1, 0.15) is 17.5 Å². The van der Waals surface area contributed by atoms with Crippen LogP contribution in [-0.2, 0) is 6.54 Å². The second kappa shape index (κ2) is 5.01. The van der Waals surface area contributed by atoms with Gasteiger partial charge in [-0.1, -0.05) is 24.3 Å². The average molecular weight is 286 g/mol. The van der Waals surface area contributed by atoms with Crippen LogP contribution in [0.3, 0.4) is 0 Å². The summed E-state index contributed by atoms with van der Waals surface area (Å²) in [5.74, 6) is -1.12. The van der Waals surface area contributed by atoms with E-state index in [2.05, 4.69) is 0 Å². The SMILES string of the molecule is Nc1cc2ccccc2c(=O)n1Cc1ccc(F)cc1F. The van der Waals surface area contributed by atoms with Gasteiger partial charge in [0, 0.05) is 17.0 Å². The van der Waals surface area contributed by atoms with Gasteiger partial charge in [-0.25, -0.2) is 8.78 Å². The number of aromatic nitrogens is 1. The van der Waals surface area contributed by atoms with Gasteiger partial charge in [-0.05, 0) is 23.6 Å². The molecule has 0 saturated heterocycles. The highest BCUT2D eigenvalue weighted by molar-refractivity contribution is 5.83. The van der Waals surface area contributed by atoms with Gasteiger partial charge in [0.15, 0.2) is 0 Å². The van der Waals surface area contributed by atoms with Crippen molar-refractivity contribution in [2.45, 2.75) is 6.54 Å². The minimum atomic E-state index is -0.700. The Kier molecular flexibility index (Phi) is 3.17. The highest BCUT2D eigenvalue weighted by Crippen LogP contribution is 2.16. The van der Waals surface area contributed by atoms with Crippen LogP contribution < -0.4 is 11.3 Å². The van der Waals surface area contributed by atoms with Gasteiger partial charge in [0.05, 0.1) is 6.54 Å². The lowest BCUT2D eigenvalue weighted by molar-refractivity contribution is 0.565. The highest BCUT2D eigenvalue weighted by atomic mass is 19.1. The van der Waals surface area contributed by atoms with E-state index in [1.54, 1.807) is 24.3 Å². The normalized spacial score (nSPS) is 11.0. The number of anilines is 1. The van der Waals surface area contributed by atoms with Gasteiger partial charge in [-0.2, -0.15) is 0 Å². The molecule has 0 aliphatic rings. The Balaban J connectivity index is 2.14. The van der Waals surface area contributed by atoms with E-state index < -0.39 is 11.6 Å². The first-order chi connectivity index (χ1) is 10.1. The molecular weight excluding hydrogens is 274 g/mol. The third-order valence-electron chi connectivity index (χ3n) is 3.39. The van der Waals surface area contributed by atoms with E-state index in [4.69, 9.17) is 5.73 Å². The molecular formula is C16H12F2N2O. The molecule has 0 bridgehead atoms. The monoisotopic (exact) mass is 286 g/mol. The maximum absolute atomic E-state index is 13.7. The molecule has 3 rings (SSSR count). The molecule has 5 heteroatoms. The number of nitrogens with two attached hydrogens (primary N) is 1. The minimum Gasteiger partial charge on any atom is -0.385 e. The van der Waals surface area contributed by atoms with Crippen molar-refractivity contribution in [2.24, 2.45) is 0 Å². The van der Waals surface area contributed by atoms with E-state index in [1.165, 1.54) is 10.6 Å². The zero-order chi connectivity index (χ0) is 15.0. The third-order valence-corrected chi connectivity index (χ3v) is 3.39. The minimum absolute atomic E-state index is 0.0401. The first-order valence-electron chi connectivity index (χ1n) is 6.38. The fraction of sp³-hybridized carbons (Fsp3) is 0.0625. The highest BCUT2D eigenvalue weighted by Gasteiger charge is 2.10. The van der Waals surface area contributed by atoms with Crippen LogP contribution in [0.25, 0.3) is 10.8 Å². The quantitative estimate of drug-likeness (QED) is 0.787. The molecule has 0 saturated carbocycles. The van der Waals surface area contributed by atoms with E-state index in [1.807, 2.05) is 6.07 Å². The molecule has 0 atom stereocenters. The summed E-state index contributed by atoms with van der Waals surface area (Å²) in [5.41, 5.74) is 5.79.